The summed E-state index contributed by atoms with van der Waals surface area (Å²) in [7, 11) is 1.87. The first-order chi connectivity index (χ1) is 6.25. The van der Waals surface area contributed by atoms with E-state index in [2.05, 4.69) is 15.1 Å². The minimum absolute atomic E-state index is 0.730. The van der Waals surface area contributed by atoms with Gasteiger partial charge in [0.05, 0.1) is 11.8 Å². The third-order valence-corrected chi connectivity index (χ3v) is 1.76. The topological polar surface area (TPSA) is 43.6 Å². The van der Waals surface area contributed by atoms with E-state index >= 15 is 0 Å². The highest BCUT2D eigenvalue weighted by Crippen LogP contribution is 2.11. The maximum Gasteiger partial charge on any atom is 0.162 e. The van der Waals surface area contributed by atoms with Crippen LogP contribution in [-0.4, -0.2) is 19.7 Å². The molecule has 0 saturated heterocycles. The van der Waals surface area contributed by atoms with Crippen molar-refractivity contribution in [2.24, 2.45) is 7.05 Å². The molecule has 0 saturated carbocycles. The second-order valence-electron chi connectivity index (χ2n) is 2.92. The second kappa shape index (κ2) is 2.97. The van der Waals surface area contributed by atoms with Crippen molar-refractivity contribution in [1.82, 2.24) is 19.7 Å². The third kappa shape index (κ3) is 1.56. The molecule has 0 unspecified atom stereocenters. The highest BCUT2D eigenvalue weighted by Gasteiger charge is 2.02. The van der Waals surface area contributed by atoms with Gasteiger partial charge in [-0.2, -0.15) is 5.10 Å². The number of aryl methyl sites for hydroxylation is 2. The molecule has 4 heteroatoms. The molecule has 4 nitrogen and oxygen atoms in total. The van der Waals surface area contributed by atoms with Gasteiger partial charge in [-0.3, -0.25) is 4.68 Å². The fraction of sp³-hybridized carbons (Fsp3) is 0.222. The molecule has 66 valence electrons. The molecule has 2 aromatic heterocycles. The van der Waals surface area contributed by atoms with E-state index in [1.807, 2.05) is 26.2 Å². The molecule has 0 N–H and O–H groups in total. The lowest BCUT2D eigenvalue weighted by atomic mass is 10.3. The van der Waals surface area contributed by atoms with Crippen molar-refractivity contribution in [2.75, 3.05) is 0 Å². The molecular weight excluding hydrogens is 164 g/mol. The van der Waals surface area contributed by atoms with E-state index in [0.717, 1.165) is 17.1 Å². The molecule has 2 aromatic rings. The molecule has 0 aromatic carbocycles. The van der Waals surface area contributed by atoms with Gasteiger partial charge >= 0.3 is 0 Å². The van der Waals surface area contributed by atoms with Crippen LogP contribution in [0.15, 0.2) is 24.7 Å². The van der Waals surface area contributed by atoms with E-state index < -0.39 is 0 Å². The van der Waals surface area contributed by atoms with E-state index in [9.17, 15) is 0 Å². The van der Waals surface area contributed by atoms with Crippen LogP contribution in [0.25, 0.3) is 11.4 Å². The zero-order valence-corrected chi connectivity index (χ0v) is 7.60. The van der Waals surface area contributed by atoms with Crippen molar-refractivity contribution in [2.45, 2.75) is 6.92 Å². The minimum Gasteiger partial charge on any atom is -0.275 e. The number of hydrogen-bond donors (Lipinski definition) is 0. The lowest BCUT2D eigenvalue weighted by Crippen LogP contribution is -1.89. The Morgan fingerprint density at radius 3 is 2.85 bits per heavy atom. The highest BCUT2D eigenvalue weighted by molar-refractivity contribution is 5.51. The van der Waals surface area contributed by atoms with Crippen molar-refractivity contribution in [3.05, 3.63) is 30.4 Å². The summed E-state index contributed by atoms with van der Waals surface area (Å²) in [6.07, 6.45) is 5.41. The van der Waals surface area contributed by atoms with Crippen molar-refractivity contribution in [1.29, 1.82) is 0 Å². The van der Waals surface area contributed by atoms with E-state index in [1.54, 1.807) is 17.1 Å². The quantitative estimate of drug-likeness (QED) is 0.652. The van der Waals surface area contributed by atoms with Crippen LogP contribution >= 0.6 is 0 Å². The molecule has 0 aliphatic heterocycles. The Morgan fingerprint density at radius 1 is 1.38 bits per heavy atom. The van der Waals surface area contributed by atoms with E-state index in [1.165, 1.54) is 0 Å². The maximum atomic E-state index is 4.29. The molecule has 0 bridgehead atoms. The van der Waals surface area contributed by atoms with Crippen molar-refractivity contribution >= 4 is 0 Å². The molecule has 0 aliphatic rings. The fourth-order valence-corrected chi connectivity index (χ4v) is 1.12. The van der Waals surface area contributed by atoms with Gasteiger partial charge in [-0.1, -0.05) is 0 Å². The first kappa shape index (κ1) is 7.91. The Kier molecular flexibility index (Phi) is 1.81. The van der Waals surface area contributed by atoms with Gasteiger partial charge in [0.25, 0.3) is 0 Å². The van der Waals surface area contributed by atoms with Gasteiger partial charge in [-0.25, -0.2) is 9.97 Å². The molecular formula is C9H10N4. The summed E-state index contributed by atoms with van der Waals surface area (Å²) >= 11 is 0. The van der Waals surface area contributed by atoms with Crippen LogP contribution in [0.1, 0.15) is 5.69 Å². The first-order valence-electron chi connectivity index (χ1n) is 4.04. The predicted octanol–water partition coefficient (Wildman–Crippen LogP) is 1.19. The molecule has 2 heterocycles. The van der Waals surface area contributed by atoms with Gasteiger partial charge in [0.15, 0.2) is 5.82 Å². The summed E-state index contributed by atoms with van der Waals surface area (Å²) in [5.41, 5.74) is 1.92. The number of nitrogens with zero attached hydrogens (tertiary/aromatic N) is 4. The normalized spacial score (nSPS) is 10.3. The summed E-state index contributed by atoms with van der Waals surface area (Å²) in [5.74, 6) is 0.730. The number of aromatic nitrogens is 4. The summed E-state index contributed by atoms with van der Waals surface area (Å²) in [6.45, 7) is 1.95. The van der Waals surface area contributed by atoms with Gasteiger partial charge in [-0.15, -0.1) is 0 Å². The lowest BCUT2D eigenvalue weighted by molar-refractivity contribution is 0.768. The van der Waals surface area contributed by atoms with Crippen molar-refractivity contribution in [3.63, 3.8) is 0 Å². The Labute approximate surface area is 76.3 Å². The zero-order chi connectivity index (χ0) is 9.26. The molecule has 0 spiro atoms. The standard InChI is InChI=1S/C9H10N4/c1-7-3-4-10-9(12-7)8-5-11-13(2)6-8/h3-6H,1-2H3. The Balaban J connectivity index is 2.46. The van der Waals surface area contributed by atoms with E-state index in [4.69, 9.17) is 0 Å². The SMILES string of the molecule is Cc1ccnc(-c2cnn(C)c2)n1. The Hall–Kier alpha value is -1.71. The summed E-state index contributed by atoms with van der Waals surface area (Å²) in [5, 5.41) is 4.06. The predicted molar refractivity (Wildman–Crippen MR) is 49.0 cm³/mol. The van der Waals surface area contributed by atoms with E-state index in [-0.39, 0.29) is 0 Å². The Morgan fingerprint density at radius 2 is 2.23 bits per heavy atom. The first-order valence-corrected chi connectivity index (χ1v) is 4.04. The average molecular weight is 174 g/mol. The van der Waals surface area contributed by atoms with Crippen LogP contribution in [0.4, 0.5) is 0 Å². The summed E-state index contributed by atoms with van der Waals surface area (Å²) < 4.78 is 1.74. The third-order valence-electron chi connectivity index (χ3n) is 1.76. The van der Waals surface area contributed by atoms with Gasteiger partial charge in [-0.05, 0) is 13.0 Å². The monoisotopic (exact) mass is 174 g/mol. The second-order valence-corrected chi connectivity index (χ2v) is 2.92. The van der Waals surface area contributed by atoms with Gasteiger partial charge in [0.1, 0.15) is 0 Å². The van der Waals surface area contributed by atoms with Crippen LogP contribution in [-0.2, 0) is 7.05 Å². The average Bonchev–Trinajstić information content (AvgIpc) is 2.52. The van der Waals surface area contributed by atoms with Crippen LogP contribution in [0.5, 0.6) is 0 Å². The molecule has 13 heavy (non-hydrogen) atoms. The molecule has 0 fully saturated rings. The smallest absolute Gasteiger partial charge is 0.162 e. The van der Waals surface area contributed by atoms with Gasteiger partial charge in [0, 0.05) is 25.1 Å². The van der Waals surface area contributed by atoms with Crippen molar-refractivity contribution < 1.29 is 0 Å². The molecule has 0 atom stereocenters. The zero-order valence-electron chi connectivity index (χ0n) is 7.60. The molecule has 2 rings (SSSR count). The highest BCUT2D eigenvalue weighted by atomic mass is 15.2. The molecule has 0 radical (unpaired) electrons. The minimum atomic E-state index is 0.730. The Bertz CT molecular complexity index is 419. The largest absolute Gasteiger partial charge is 0.275 e. The van der Waals surface area contributed by atoms with Crippen LogP contribution in [0.3, 0.4) is 0 Å². The van der Waals surface area contributed by atoms with Crippen LogP contribution in [0.2, 0.25) is 0 Å². The number of rotatable bonds is 1. The summed E-state index contributed by atoms with van der Waals surface area (Å²) in [4.78, 5) is 8.45. The van der Waals surface area contributed by atoms with Gasteiger partial charge < -0.3 is 0 Å². The fourth-order valence-electron chi connectivity index (χ4n) is 1.12. The molecule has 0 aliphatic carbocycles. The van der Waals surface area contributed by atoms with Crippen molar-refractivity contribution in [3.8, 4) is 11.4 Å². The molecule has 0 amide bonds. The summed E-state index contributed by atoms with van der Waals surface area (Å²) in [6, 6.07) is 1.87. The van der Waals surface area contributed by atoms with Crippen LogP contribution < -0.4 is 0 Å². The van der Waals surface area contributed by atoms with E-state index in [0.29, 0.717) is 0 Å². The number of hydrogen-bond acceptors (Lipinski definition) is 3. The maximum absolute atomic E-state index is 4.29. The van der Waals surface area contributed by atoms with Crippen LogP contribution in [0, 0.1) is 6.92 Å². The van der Waals surface area contributed by atoms with Gasteiger partial charge in [0.2, 0.25) is 0 Å². The lowest BCUT2D eigenvalue weighted by Gasteiger charge is -1.95.